The van der Waals surface area contributed by atoms with Crippen LogP contribution >= 0.6 is 0 Å². The molecule has 7 heteroatoms. The highest BCUT2D eigenvalue weighted by Gasteiger charge is 2.22. The molecule has 36 heavy (non-hydrogen) atoms. The molecular weight excluding hydrogens is 452 g/mol. The summed E-state index contributed by atoms with van der Waals surface area (Å²) in [5.74, 6) is -0.168. The van der Waals surface area contributed by atoms with Crippen LogP contribution in [0.5, 0.6) is 0 Å². The average Bonchev–Trinajstić information content (AvgIpc) is 2.88. The second-order valence-corrected chi connectivity index (χ2v) is 9.12. The molecule has 7 nitrogen and oxygen atoms in total. The Balaban J connectivity index is 1.56. The van der Waals surface area contributed by atoms with Gasteiger partial charge in [-0.25, -0.2) is 4.79 Å². The van der Waals surface area contributed by atoms with E-state index in [2.05, 4.69) is 39.0 Å². The third-order valence-corrected chi connectivity index (χ3v) is 6.50. The summed E-state index contributed by atoms with van der Waals surface area (Å²) in [5.41, 5.74) is 7.33. The van der Waals surface area contributed by atoms with Crippen molar-refractivity contribution in [1.82, 2.24) is 5.32 Å². The highest BCUT2D eigenvalue weighted by atomic mass is 16.5. The minimum absolute atomic E-state index is 0.168. The topological polar surface area (TPSA) is 82.7 Å². The van der Waals surface area contributed by atoms with Gasteiger partial charge in [-0.15, -0.1) is 0 Å². The predicted octanol–water partition coefficient (Wildman–Crippen LogP) is 5.28. The van der Waals surface area contributed by atoms with E-state index in [1.165, 1.54) is 11.1 Å². The number of hydrogen-bond acceptors (Lipinski definition) is 4. The summed E-state index contributed by atoms with van der Waals surface area (Å²) in [5, 5.41) is 8.83. The van der Waals surface area contributed by atoms with Gasteiger partial charge in [-0.2, -0.15) is 0 Å². The minimum atomic E-state index is -0.349. The monoisotopic (exact) mass is 486 g/mol. The normalized spacial score (nSPS) is 12.6. The molecule has 0 bridgehead atoms. The number of urea groups is 1. The molecule has 188 valence electrons. The van der Waals surface area contributed by atoms with Gasteiger partial charge in [0.15, 0.2) is 0 Å². The van der Waals surface area contributed by atoms with Crippen molar-refractivity contribution in [2.45, 2.75) is 33.2 Å². The van der Waals surface area contributed by atoms with Crippen molar-refractivity contribution in [3.8, 4) is 0 Å². The minimum Gasteiger partial charge on any atom is -0.385 e. The van der Waals surface area contributed by atoms with Crippen LogP contribution < -0.4 is 20.9 Å². The number of para-hydroxylation sites is 1. The first-order valence-electron chi connectivity index (χ1n) is 12.3. The van der Waals surface area contributed by atoms with Gasteiger partial charge in [0.2, 0.25) is 0 Å². The van der Waals surface area contributed by atoms with Crippen molar-refractivity contribution in [2.75, 3.05) is 42.3 Å². The van der Waals surface area contributed by atoms with Gasteiger partial charge in [-0.1, -0.05) is 42.5 Å². The lowest BCUT2D eigenvalue weighted by molar-refractivity contribution is 0.0949. The lowest BCUT2D eigenvalue weighted by Gasteiger charge is -2.32. The van der Waals surface area contributed by atoms with Gasteiger partial charge in [-0.05, 0) is 67.1 Å². The van der Waals surface area contributed by atoms with Gasteiger partial charge in [0.25, 0.3) is 5.91 Å². The molecule has 3 amide bonds. The number of anilines is 3. The highest BCUT2D eigenvalue weighted by Crippen LogP contribution is 2.30. The molecule has 0 saturated carbocycles. The first kappa shape index (κ1) is 25.3. The van der Waals surface area contributed by atoms with Gasteiger partial charge >= 0.3 is 6.03 Å². The van der Waals surface area contributed by atoms with Crippen molar-refractivity contribution < 1.29 is 14.3 Å². The zero-order chi connectivity index (χ0) is 25.5. The van der Waals surface area contributed by atoms with Gasteiger partial charge in [0.05, 0.1) is 5.56 Å². The maximum atomic E-state index is 13.2. The Hall–Kier alpha value is -3.84. The van der Waals surface area contributed by atoms with Crippen LogP contribution in [0.25, 0.3) is 0 Å². The van der Waals surface area contributed by atoms with Crippen molar-refractivity contribution in [2.24, 2.45) is 0 Å². The van der Waals surface area contributed by atoms with Crippen LogP contribution in [0, 0.1) is 13.8 Å². The molecule has 3 N–H and O–H groups in total. The van der Waals surface area contributed by atoms with Gasteiger partial charge in [0, 0.05) is 50.4 Å². The Labute approximate surface area is 212 Å². The van der Waals surface area contributed by atoms with E-state index < -0.39 is 0 Å². The predicted molar refractivity (Wildman–Crippen MR) is 145 cm³/mol. The number of rotatable bonds is 8. The summed E-state index contributed by atoms with van der Waals surface area (Å²) in [4.78, 5) is 28.2. The van der Waals surface area contributed by atoms with E-state index in [0.29, 0.717) is 24.4 Å². The molecule has 0 aromatic heterocycles. The third kappa shape index (κ3) is 6.04. The Morgan fingerprint density at radius 2 is 1.69 bits per heavy atom. The van der Waals surface area contributed by atoms with Gasteiger partial charge in [0.1, 0.15) is 0 Å². The zero-order valence-electron chi connectivity index (χ0n) is 21.2. The van der Waals surface area contributed by atoms with Crippen molar-refractivity contribution >= 4 is 29.0 Å². The second-order valence-electron chi connectivity index (χ2n) is 9.12. The first-order chi connectivity index (χ1) is 17.5. The molecule has 3 aromatic carbocycles. The number of ether oxygens (including phenoxy) is 1. The Morgan fingerprint density at radius 3 is 2.44 bits per heavy atom. The number of fused-ring (bicyclic) bond motifs is 1. The number of nitrogens with one attached hydrogen (secondary N) is 3. The number of hydrogen-bond donors (Lipinski definition) is 3. The van der Waals surface area contributed by atoms with E-state index in [4.69, 9.17) is 4.74 Å². The molecule has 1 aliphatic rings. The highest BCUT2D eigenvalue weighted by molar-refractivity contribution is 6.04. The molecule has 4 rings (SSSR count). The first-order valence-corrected chi connectivity index (χ1v) is 12.3. The second kappa shape index (κ2) is 11.7. The fourth-order valence-corrected chi connectivity index (χ4v) is 4.57. The average molecular weight is 487 g/mol. The number of carbonyl (C=O) groups is 2. The third-order valence-electron chi connectivity index (χ3n) is 6.50. The number of amides is 3. The van der Waals surface area contributed by atoms with E-state index in [-0.39, 0.29) is 11.9 Å². The number of benzene rings is 3. The SMILES string of the molecule is COCCCNC(=O)c1cc(NC(=O)Nc2c(C)cccc2C)ccc1N1CCc2ccccc2C1. The van der Waals surface area contributed by atoms with Crippen LogP contribution in [-0.2, 0) is 17.7 Å². The quantitative estimate of drug-likeness (QED) is 0.379. The Morgan fingerprint density at radius 1 is 0.944 bits per heavy atom. The summed E-state index contributed by atoms with van der Waals surface area (Å²) in [7, 11) is 1.65. The smallest absolute Gasteiger partial charge is 0.323 e. The number of carbonyl (C=O) groups excluding carboxylic acids is 2. The molecule has 3 aromatic rings. The van der Waals surface area contributed by atoms with E-state index in [1.807, 2.05) is 50.2 Å². The summed E-state index contributed by atoms with van der Waals surface area (Å²) in [6, 6.07) is 19.5. The largest absolute Gasteiger partial charge is 0.385 e. The zero-order valence-corrected chi connectivity index (χ0v) is 21.2. The van der Waals surface area contributed by atoms with Crippen LogP contribution in [0.15, 0.2) is 60.7 Å². The summed E-state index contributed by atoms with van der Waals surface area (Å²) in [6.07, 6.45) is 1.65. The van der Waals surface area contributed by atoms with Gasteiger partial charge in [-0.3, -0.25) is 4.79 Å². The van der Waals surface area contributed by atoms with Crippen LogP contribution in [0.2, 0.25) is 0 Å². The Bertz CT molecular complexity index is 1220. The van der Waals surface area contributed by atoms with E-state index >= 15 is 0 Å². The molecule has 0 radical (unpaired) electrons. The molecule has 0 saturated heterocycles. The molecule has 1 aliphatic heterocycles. The summed E-state index contributed by atoms with van der Waals surface area (Å²) >= 11 is 0. The maximum Gasteiger partial charge on any atom is 0.323 e. The van der Waals surface area contributed by atoms with Crippen LogP contribution in [-0.4, -0.2) is 38.7 Å². The van der Waals surface area contributed by atoms with Crippen LogP contribution in [0.4, 0.5) is 21.9 Å². The van der Waals surface area contributed by atoms with Gasteiger partial charge < -0.3 is 25.6 Å². The summed E-state index contributed by atoms with van der Waals surface area (Å²) in [6.45, 7) is 6.57. The molecular formula is C29H34N4O3. The van der Waals surface area contributed by atoms with E-state index in [0.717, 1.165) is 48.4 Å². The number of aryl methyl sites for hydroxylation is 2. The standard InChI is InChI=1S/C29H34N4O3/c1-20-8-6-9-21(2)27(20)32-29(35)31-24-12-13-26(25(18-24)28(34)30-15-7-17-36-3)33-16-14-22-10-4-5-11-23(22)19-33/h4-6,8-13,18H,7,14-17,19H2,1-3H3,(H,30,34)(H2,31,32,35). The lowest BCUT2D eigenvalue weighted by Crippen LogP contribution is -2.33. The molecule has 0 spiro atoms. The Kier molecular flexibility index (Phi) is 8.23. The molecule has 1 heterocycles. The van der Waals surface area contributed by atoms with Crippen molar-refractivity contribution in [3.05, 3.63) is 88.5 Å². The number of methoxy groups -OCH3 is 1. The van der Waals surface area contributed by atoms with Crippen LogP contribution in [0.3, 0.4) is 0 Å². The van der Waals surface area contributed by atoms with E-state index in [9.17, 15) is 9.59 Å². The number of nitrogens with zero attached hydrogens (tertiary/aromatic N) is 1. The summed E-state index contributed by atoms with van der Waals surface area (Å²) < 4.78 is 5.10. The van der Waals surface area contributed by atoms with Crippen molar-refractivity contribution in [1.29, 1.82) is 0 Å². The molecule has 0 unspecified atom stereocenters. The fraction of sp³-hybridized carbons (Fsp3) is 0.310. The van der Waals surface area contributed by atoms with Crippen molar-refractivity contribution in [3.63, 3.8) is 0 Å². The molecule has 0 atom stereocenters. The molecule has 0 fully saturated rings. The molecule has 0 aliphatic carbocycles. The lowest BCUT2D eigenvalue weighted by atomic mass is 9.98. The van der Waals surface area contributed by atoms with E-state index in [1.54, 1.807) is 13.2 Å². The fourth-order valence-electron chi connectivity index (χ4n) is 4.57. The maximum absolute atomic E-state index is 13.2. The van der Waals surface area contributed by atoms with Crippen LogP contribution in [0.1, 0.15) is 39.0 Å².